The lowest BCUT2D eigenvalue weighted by Crippen LogP contribution is -2.03. The minimum Gasteiger partial charge on any atom is -0.478 e. The van der Waals surface area contributed by atoms with Crippen molar-refractivity contribution in [2.75, 3.05) is 6.26 Å². The van der Waals surface area contributed by atoms with E-state index in [1.165, 1.54) is 6.26 Å². The number of carboxylic acids is 1. The number of carboxylic acid groups (broad SMARTS) is 1. The Morgan fingerprint density at radius 1 is 1.16 bits per heavy atom. The topological polar surface area (TPSA) is 87.2 Å². The van der Waals surface area contributed by atoms with E-state index >= 15 is 0 Å². The largest absolute Gasteiger partial charge is 0.478 e. The molecule has 1 unspecified atom stereocenters. The van der Waals surface area contributed by atoms with E-state index in [4.69, 9.17) is 0 Å². The van der Waals surface area contributed by atoms with Crippen LogP contribution in [0.5, 0.6) is 0 Å². The number of aryl methyl sites for hydroxylation is 1. The molecule has 2 aromatic carbocycles. The Balaban J connectivity index is 2.22. The summed E-state index contributed by atoms with van der Waals surface area (Å²) >= 11 is 0. The second-order valence-corrected chi connectivity index (χ2v) is 8.28. The first-order valence-electron chi connectivity index (χ1n) is 7.84. The number of sulfone groups is 1. The van der Waals surface area contributed by atoms with Gasteiger partial charge in [-0.1, -0.05) is 31.2 Å². The normalized spacial score (nSPS) is 13.1. The molecule has 0 aliphatic heterocycles. The van der Waals surface area contributed by atoms with Gasteiger partial charge in [0.15, 0.2) is 9.84 Å². The van der Waals surface area contributed by atoms with Gasteiger partial charge in [0.2, 0.25) is 0 Å². The third-order valence-electron chi connectivity index (χ3n) is 4.51. The molecule has 0 saturated carbocycles. The zero-order valence-electron chi connectivity index (χ0n) is 14.2. The Morgan fingerprint density at radius 2 is 1.84 bits per heavy atom. The molecule has 0 aliphatic carbocycles. The summed E-state index contributed by atoms with van der Waals surface area (Å²) < 4.78 is 23.6. The van der Waals surface area contributed by atoms with Gasteiger partial charge >= 0.3 is 5.97 Å². The van der Waals surface area contributed by atoms with Crippen LogP contribution in [0.1, 0.15) is 40.0 Å². The van der Waals surface area contributed by atoms with Crippen LogP contribution < -0.4 is 0 Å². The molecule has 0 radical (unpaired) electrons. The first kappa shape index (κ1) is 17.2. The second kappa shape index (κ2) is 6.04. The lowest BCUT2D eigenvalue weighted by atomic mass is 9.89. The molecule has 2 N–H and O–H groups in total. The summed E-state index contributed by atoms with van der Waals surface area (Å²) in [5, 5.41) is 10.3. The van der Waals surface area contributed by atoms with E-state index in [1.807, 2.05) is 31.2 Å². The summed E-state index contributed by atoms with van der Waals surface area (Å²) in [6, 6.07) is 12.4. The number of hydrogen-bond donors (Lipinski definition) is 2. The van der Waals surface area contributed by atoms with Crippen LogP contribution in [0.15, 0.2) is 47.4 Å². The summed E-state index contributed by atoms with van der Waals surface area (Å²) in [4.78, 5) is 15.1. The lowest BCUT2D eigenvalue weighted by Gasteiger charge is -2.15. The first-order chi connectivity index (χ1) is 11.7. The van der Waals surface area contributed by atoms with Crippen molar-refractivity contribution < 1.29 is 18.3 Å². The van der Waals surface area contributed by atoms with E-state index in [-0.39, 0.29) is 16.4 Å². The quantitative estimate of drug-likeness (QED) is 0.745. The Kier molecular flexibility index (Phi) is 4.16. The molecule has 0 saturated heterocycles. The zero-order chi connectivity index (χ0) is 18.4. The van der Waals surface area contributed by atoms with Gasteiger partial charge in [-0.2, -0.15) is 0 Å². The third kappa shape index (κ3) is 3.05. The summed E-state index contributed by atoms with van der Waals surface area (Å²) in [5.74, 6) is -1.13. The molecule has 25 heavy (non-hydrogen) atoms. The second-order valence-electron chi connectivity index (χ2n) is 6.27. The molecule has 3 aromatic rings. The monoisotopic (exact) mass is 357 g/mol. The van der Waals surface area contributed by atoms with Crippen molar-refractivity contribution >= 4 is 26.7 Å². The molecule has 0 bridgehead atoms. The van der Waals surface area contributed by atoms with E-state index in [9.17, 15) is 18.3 Å². The van der Waals surface area contributed by atoms with Gasteiger partial charge in [0.05, 0.1) is 10.5 Å². The number of H-pyrrole nitrogens is 1. The number of carbonyl (C=O) groups is 1. The smallest absolute Gasteiger partial charge is 0.338 e. The van der Waals surface area contributed by atoms with Crippen LogP contribution in [-0.4, -0.2) is 30.7 Å². The van der Waals surface area contributed by atoms with Crippen molar-refractivity contribution in [1.82, 2.24) is 4.98 Å². The molecule has 130 valence electrons. The fourth-order valence-electron chi connectivity index (χ4n) is 3.23. The molecular weight excluding hydrogens is 338 g/mol. The van der Waals surface area contributed by atoms with Crippen LogP contribution in [0.2, 0.25) is 0 Å². The fourth-order valence-corrected chi connectivity index (χ4v) is 3.90. The van der Waals surface area contributed by atoms with Gasteiger partial charge in [0, 0.05) is 28.8 Å². The lowest BCUT2D eigenvalue weighted by molar-refractivity contribution is 0.0698. The zero-order valence-corrected chi connectivity index (χ0v) is 15.0. The van der Waals surface area contributed by atoms with Gasteiger partial charge in [-0.3, -0.25) is 0 Å². The standard InChI is InChI=1S/C19H19NO4S/c1-11(13-6-4-7-14(10-13)25(3,23)24)15-8-5-9-16-18(15)17(19(21)22)12(2)20-16/h4-11,20H,1-3H3,(H,21,22). The van der Waals surface area contributed by atoms with Crippen molar-refractivity contribution in [3.05, 3.63) is 64.8 Å². The van der Waals surface area contributed by atoms with E-state index in [1.54, 1.807) is 25.1 Å². The maximum Gasteiger partial charge on any atom is 0.338 e. The number of rotatable bonds is 4. The average Bonchev–Trinajstić information content (AvgIpc) is 2.89. The van der Waals surface area contributed by atoms with Gasteiger partial charge < -0.3 is 10.1 Å². The number of aromatic nitrogens is 1. The van der Waals surface area contributed by atoms with Crippen LogP contribution in [-0.2, 0) is 9.84 Å². The molecule has 1 aromatic heterocycles. The first-order valence-corrected chi connectivity index (χ1v) is 9.73. The van der Waals surface area contributed by atoms with Crippen molar-refractivity contribution in [1.29, 1.82) is 0 Å². The van der Waals surface area contributed by atoms with Crippen LogP contribution in [0.3, 0.4) is 0 Å². The minimum atomic E-state index is -3.30. The number of nitrogens with one attached hydrogen (secondary N) is 1. The minimum absolute atomic E-state index is 0.154. The fraction of sp³-hybridized carbons (Fsp3) is 0.211. The third-order valence-corrected chi connectivity index (χ3v) is 5.62. The van der Waals surface area contributed by atoms with E-state index in [0.717, 1.165) is 16.6 Å². The number of aromatic carboxylic acids is 1. The van der Waals surface area contributed by atoms with E-state index in [0.29, 0.717) is 11.1 Å². The van der Waals surface area contributed by atoms with Crippen molar-refractivity contribution in [3.8, 4) is 0 Å². The Hall–Kier alpha value is -2.60. The predicted octanol–water partition coefficient (Wildman–Crippen LogP) is 3.73. The van der Waals surface area contributed by atoms with Crippen molar-refractivity contribution in [2.24, 2.45) is 0 Å². The highest BCUT2D eigenvalue weighted by Gasteiger charge is 2.21. The van der Waals surface area contributed by atoms with Crippen LogP contribution in [0.25, 0.3) is 10.9 Å². The molecule has 3 rings (SSSR count). The Bertz CT molecular complexity index is 1080. The molecule has 6 heteroatoms. The van der Waals surface area contributed by atoms with E-state index in [2.05, 4.69) is 4.98 Å². The van der Waals surface area contributed by atoms with Crippen LogP contribution in [0, 0.1) is 6.92 Å². The highest BCUT2D eigenvalue weighted by Crippen LogP contribution is 2.34. The molecule has 0 spiro atoms. The summed E-state index contributed by atoms with van der Waals surface area (Å²) in [5.41, 5.74) is 3.30. The number of aromatic amines is 1. The van der Waals surface area contributed by atoms with Gasteiger partial charge in [0.25, 0.3) is 0 Å². The highest BCUT2D eigenvalue weighted by atomic mass is 32.2. The molecule has 0 amide bonds. The van der Waals surface area contributed by atoms with Crippen molar-refractivity contribution in [2.45, 2.75) is 24.7 Å². The molecule has 0 fully saturated rings. The summed E-state index contributed by atoms with van der Waals surface area (Å²) in [7, 11) is -3.30. The van der Waals surface area contributed by atoms with Gasteiger partial charge in [-0.15, -0.1) is 0 Å². The van der Waals surface area contributed by atoms with Crippen LogP contribution >= 0.6 is 0 Å². The molecule has 5 nitrogen and oxygen atoms in total. The Labute approximate surface area is 146 Å². The average molecular weight is 357 g/mol. The molecule has 1 heterocycles. The summed E-state index contributed by atoms with van der Waals surface area (Å²) in [6.07, 6.45) is 1.18. The number of hydrogen-bond acceptors (Lipinski definition) is 3. The van der Waals surface area contributed by atoms with Gasteiger partial charge in [0.1, 0.15) is 0 Å². The number of benzene rings is 2. The molecule has 1 atom stereocenters. The maximum atomic E-state index is 11.8. The van der Waals surface area contributed by atoms with Gasteiger partial charge in [-0.05, 0) is 36.2 Å². The predicted molar refractivity (Wildman–Crippen MR) is 97.1 cm³/mol. The highest BCUT2D eigenvalue weighted by molar-refractivity contribution is 7.90. The number of fused-ring (bicyclic) bond motifs is 1. The van der Waals surface area contributed by atoms with Crippen LogP contribution in [0.4, 0.5) is 0 Å². The SMILES string of the molecule is Cc1[nH]c2cccc(C(C)c3cccc(S(C)(=O)=O)c3)c2c1C(=O)O. The van der Waals surface area contributed by atoms with Crippen molar-refractivity contribution in [3.63, 3.8) is 0 Å². The molecular formula is C19H19NO4S. The van der Waals surface area contributed by atoms with E-state index < -0.39 is 15.8 Å². The van der Waals surface area contributed by atoms with Gasteiger partial charge in [-0.25, -0.2) is 13.2 Å². The Morgan fingerprint density at radius 3 is 2.48 bits per heavy atom. The maximum absolute atomic E-state index is 11.8. The summed E-state index contributed by atoms with van der Waals surface area (Å²) in [6.45, 7) is 3.69. The molecule has 0 aliphatic rings.